The molecular formula is C23H31ClN2O5. The van der Waals surface area contributed by atoms with Crippen LogP contribution in [0.3, 0.4) is 0 Å². The van der Waals surface area contributed by atoms with Gasteiger partial charge in [0, 0.05) is 32.6 Å². The average molecular weight is 451 g/mol. The molecule has 8 heteroatoms. The number of carbonyl (C=O) groups excluding carboxylic acids is 1. The molecular weight excluding hydrogens is 420 g/mol. The van der Waals surface area contributed by atoms with E-state index in [4.69, 9.17) is 18.9 Å². The number of methoxy groups -OCH3 is 4. The van der Waals surface area contributed by atoms with Gasteiger partial charge in [0.15, 0.2) is 23.0 Å². The molecule has 1 amide bonds. The summed E-state index contributed by atoms with van der Waals surface area (Å²) < 4.78 is 21.4. The van der Waals surface area contributed by atoms with Crippen molar-refractivity contribution in [3.05, 3.63) is 47.0 Å². The number of hydrogen-bond acceptors (Lipinski definition) is 6. The van der Waals surface area contributed by atoms with E-state index in [9.17, 15) is 4.79 Å². The Bertz CT molecular complexity index is 891. The number of fused-ring (bicyclic) bond motifs is 1. The zero-order valence-electron chi connectivity index (χ0n) is 18.5. The van der Waals surface area contributed by atoms with Crippen LogP contribution in [0.1, 0.15) is 23.1 Å². The molecule has 3 rings (SSSR count). The smallest absolute Gasteiger partial charge is 0.221 e. The van der Waals surface area contributed by atoms with Crippen LogP contribution >= 0.6 is 12.4 Å². The number of halogens is 1. The molecule has 0 aliphatic carbocycles. The molecule has 170 valence electrons. The Morgan fingerprint density at radius 1 is 0.903 bits per heavy atom. The normalized spacial score (nSPS) is 12.9. The van der Waals surface area contributed by atoms with Gasteiger partial charge in [0.1, 0.15) is 0 Å². The van der Waals surface area contributed by atoms with E-state index in [1.54, 1.807) is 28.4 Å². The van der Waals surface area contributed by atoms with E-state index < -0.39 is 0 Å². The van der Waals surface area contributed by atoms with Gasteiger partial charge < -0.3 is 24.3 Å². The molecule has 0 fully saturated rings. The van der Waals surface area contributed by atoms with Gasteiger partial charge >= 0.3 is 0 Å². The number of benzene rings is 2. The maximum Gasteiger partial charge on any atom is 0.221 e. The van der Waals surface area contributed by atoms with Gasteiger partial charge in [-0.05, 0) is 47.4 Å². The zero-order valence-corrected chi connectivity index (χ0v) is 19.3. The fourth-order valence-corrected chi connectivity index (χ4v) is 3.67. The van der Waals surface area contributed by atoms with E-state index in [1.165, 1.54) is 11.1 Å². The molecule has 0 radical (unpaired) electrons. The second-order valence-electron chi connectivity index (χ2n) is 7.22. The summed E-state index contributed by atoms with van der Waals surface area (Å²) >= 11 is 0. The van der Waals surface area contributed by atoms with E-state index in [2.05, 4.69) is 16.3 Å². The summed E-state index contributed by atoms with van der Waals surface area (Å²) in [6, 6.07) is 9.74. The van der Waals surface area contributed by atoms with E-state index in [0.29, 0.717) is 31.0 Å². The first-order valence-electron chi connectivity index (χ1n) is 10.0. The van der Waals surface area contributed by atoms with Gasteiger partial charge in [-0.1, -0.05) is 6.07 Å². The molecule has 2 aromatic rings. The van der Waals surface area contributed by atoms with E-state index >= 15 is 0 Å². The van der Waals surface area contributed by atoms with E-state index in [0.717, 1.165) is 36.6 Å². The van der Waals surface area contributed by atoms with Gasteiger partial charge in [0.25, 0.3) is 0 Å². The van der Waals surface area contributed by atoms with Crippen LogP contribution in [-0.2, 0) is 24.3 Å². The number of rotatable bonds is 9. The SMILES string of the molecule is COc1ccc(CNC(=O)CCN2CCc3cc(OC)c(OC)cc3C2)cc1OC.Cl. The number of nitrogens with zero attached hydrogens (tertiary/aromatic N) is 1. The summed E-state index contributed by atoms with van der Waals surface area (Å²) in [5, 5.41) is 2.98. The Balaban J connectivity index is 0.00000341. The van der Waals surface area contributed by atoms with Crippen LogP contribution in [0.15, 0.2) is 30.3 Å². The van der Waals surface area contributed by atoms with Crippen molar-refractivity contribution in [2.24, 2.45) is 0 Å². The molecule has 1 N–H and O–H groups in total. The average Bonchev–Trinajstić information content (AvgIpc) is 2.79. The lowest BCUT2D eigenvalue weighted by Gasteiger charge is -2.29. The van der Waals surface area contributed by atoms with Crippen LogP contribution in [0.2, 0.25) is 0 Å². The zero-order chi connectivity index (χ0) is 21.5. The first kappa shape index (κ1) is 24.6. The van der Waals surface area contributed by atoms with Crippen molar-refractivity contribution >= 4 is 18.3 Å². The van der Waals surface area contributed by atoms with Gasteiger partial charge in [-0.2, -0.15) is 0 Å². The highest BCUT2D eigenvalue weighted by Gasteiger charge is 2.20. The minimum atomic E-state index is 0. The van der Waals surface area contributed by atoms with Crippen molar-refractivity contribution < 1.29 is 23.7 Å². The van der Waals surface area contributed by atoms with Gasteiger partial charge in [-0.15, -0.1) is 12.4 Å². The minimum Gasteiger partial charge on any atom is -0.493 e. The van der Waals surface area contributed by atoms with Crippen molar-refractivity contribution in [3.8, 4) is 23.0 Å². The summed E-state index contributed by atoms with van der Waals surface area (Å²) in [5.41, 5.74) is 3.47. The quantitative estimate of drug-likeness (QED) is 0.632. The van der Waals surface area contributed by atoms with Gasteiger partial charge in [0.2, 0.25) is 5.91 Å². The molecule has 0 bridgehead atoms. The standard InChI is InChI=1S/C23H30N2O5.ClH/c1-27-19-6-5-16(11-20(19)28-2)14-24-23(26)8-10-25-9-7-17-12-21(29-3)22(30-4)13-18(17)15-25;/h5-6,11-13H,7-10,14-15H2,1-4H3,(H,24,26);1H. The van der Waals surface area contributed by atoms with Crippen LogP contribution < -0.4 is 24.3 Å². The molecule has 1 aliphatic heterocycles. The number of amides is 1. The van der Waals surface area contributed by atoms with Crippen molar-refractivity contribution in [3.63, 3.8) is 0 Å². The Morgan fingerprint density at radius 2 is 1.52 bits per heavy atom. The van der Waals surface area contributed by atoms with Crippen LogP contribution in [0, 0.1) is 0 Å². The molecule has 1 aliphatic rings. The Kier molecular flexibility index (Phi) is 9.27. The molecule has 0 spiro atoms. The third-order valence-corrected chi connectivity index (χ3v) is 5.39. The predicted octanol–water partition coefficient (Wildman–Crippen LogP) is 3.21. The molecule has 0 saturated heterocycles. The molecule has 0 saturated carbocycles. The van der Waals surface area contributed by atoms with E-state index in [-0.39, 0.29) is 18.3 Å². The van der Waals surface area contributed by atoms with Crippen LogP contribution in [0.5, 0.6) is 23.0 Å². The van der Waals surface area contributed by atoms with Crippen LogP contribution in [0.25, 0.3) is 0 Å². The van der Waals surface area contributed by atoms with Gasteiger partial charge in [0.05, 0.1) is 28.4 Å². The second kappa shape index (κ2) is 11.7. The topological polar surface area (TPSA) is 69.3 Å². The Labute approximate surface area is 190 Å². The Hall–Kier alpha value is -2.64. The Morgan fingerprint density at radius 3 is 2.16 bits per heavy atom. The summed E-state index contributed by atoms with van der Waals surface area (Å²) in [6.45, 7) is 2.90. The van der Waals surface area contributed by atoms with Crippen LogP contribution in [-0.4, -0.2) is 52.3 Å². The molecule has 0 unspecified atom stereocenters. The number of ether oxygens (including phenoxy) is 4. The molecule has 0 aromatic heterocycles. The molecule has 7 nitrogen and oxygen atoms in total. The highest BCUT2D eigenvalue weighted by Crippen LogP contribution is 2.33. The maximum absolute atomic E-state index is 12.3. The van der Waals surface area contributed by atoms with Crippen LogP contribution in [0.4, 0.5) is 0 Å². The molecule has 0 atom stereocenters. The second-order valence-corrected chi connectivity index (χ2v) is 7.22. The fraction of sp³-hybridized carbons (Fsp3) is 0.435. The first-order valence-corrected chi connectivity index (χ1v) is 10.0. The first-order chi connectivity index (χ1) is 14.6. The molecule has 2 aromatic carbocycles. The highest BCUT2D eigenvalue weighted by atomic mass is 35.5. The maximum atomic E-state index is 12.3. The fourth-order valence-electron chi connectivity index (χ4n) is 3.67. The third-order valence-electron chi connectivity index (χ3n) is 5.39. The van der Waals surface area contributed by atoms with Gasteiger partial charge in [-0.3, -0.25) is 9.69 Å². The number of carbonyl (C=O) groups is 1. The lowest BCUT2D eigenvalue weighted by molar-refractivity contribution is -0.121. The van der Waals surface area contributed by atoms with Crippen molar-refractivity contribution in [2.75, 3.05) is 41.5 Å². The lowest BCUT2D eigenvalue weighted by atomic mass is 9.98. The summed E-state index contributed by atoms with van der Waals surface area (Å²) in [6.07, 6.45) is 1.39. The predicted molar refractivity (Wildman–Crippen MR) is 122 cm³/mol. The summed E-state index contributed by atoms with van der Waals surface area (Å²) in [5.74, 6) is 2.86. The summed E-state index contributed by atoms with van der Waals surface area (Å²) in [4.78, 5) is 14.6. The summed E-state index contributed by atoms with van der Waals surface area (Å²) in [7, 11) is 6.50. The largest absolute Gasteiger partial charge is 0.493 e. The number of hydrogen-bond donors (Lipinski definition) is 1. The lowest BCUT2D eigenvalue weighted by Crippen LogP contribution is -2.34. The molecule has 1 heterocycles. The van der Waals surface area contributed by atoms with Crippen molar-refractivity contribution in [1.29, 1.82) is 0 Å². The van der Waals surface area contributed by atoms with Gasteiger partial charge in [-0.25, -0.2) is 0 Å². The molecule has 31 heavy (non-hydrogen) atoms. The third kappa shape index (κ3) is 6.18. The minimum absolute atomic E-state index is 0. The monoisotopic (exact) mass is 450 g/mol. The van der Waals surface area contributed by atoms with E-state index in [1.807, 2.05) is 24.3 Å². The highest BCUT2D eigenvalue weighted by molar-refractivity contribution is 5.85. The van der Waals surface area contributed by atoms with Crippen molar-refractivity contribution in [2.45, 2.75) is 25.9 Å². The van der Waals surface area contributed by atoms with Crippen molar-refractivity contribution in [1.82, 2.24) is 10.2 Å². The number of nitrogens with one attached hydrogen (secondary N) is 1.